The molecule has 0 aliphatic carbocycles. The van der Waals surface area contributed by atoms with Crippen molar-refractivity contribution in [2.45, 2.75) is 39.5 Å². The van der Waals surface area contributed by atoms with Gasteiger partial charge in [0.25, 0.3) is 0 Å². The molecule has 6 nitrogen and oxygen atoms in total. The Morgan fingerprint density at radius 3 is 2.30 bits per heavy atom. The van der Waals surface area contributed by atoms with E-state index in [1.54, 1.807) is 0 Å². The number of carbonyl (C=O) groups excluding carboxylic acids is 3. The predicted molar refractivity (Wildman–Crippen MR) is 106 cm³/mol. The Morgan fingerprint density at radius 2 is 1.74 bits per heavy atom. The molecule has 1 saturated heterocycles. The number of rotatable bonds is 7. The van der Waals surface area contributed by atoms with Crippen molar-refractivity contribution in [3.8, 4) is 0 Å². The fraction of sp³-hybridized carbons (Fsp3) is 0.571. The van der Waals surface area contributed by atoms with E-state index in [9.17, 15) is 14.4 Å². The molecular weight excluding hydrogens is 342 g/mol. The van der Waals surface area contributed by atoms with Gasteiger partial charge in [-0.1, -0.05) is 38.1 Å². The van der Waals surface area contributed by atoms with Gasteiger partial charge in [0.05, 0.1) is 0 Å². The van der Waals surface area contributed by atoms with Crippen LogP contribution in [0.2, 0.25) is 0 Å². The number of ketones is 1. The predicted octanol–water partition coefficient (Wildman–Crippen LogP) is 2.63. The minimum absolute atomic E-state index is 0.0527. The first-order valence-corrected chi connectivity index (χ1v) is 9.76. The normalized spacial score (nSPS) is 15.6. The van der Waals surface area contributed by atoms with E-state index in [0.717, 1.165) is 37.9 Å². The third kappa shape index (κ3) is 6.79. The zero-order valence-corrected chi connectivity index (χ0v) is 16.6. The van der Waals surface area contributed by atoms with E-state index in [4.69, 9.17) is 0 Å². The van der Waals surface area contributed by atoms with E-state index in [2.05, 4.69) is 41.5 Å². The highest BCUT2D eigenvalue weighted by Crippen LogP contribution is 2.22. The maximum absolute atomic E-state index is 12.7. The van der Waals surface area contributed by atoms with Gasteiger partial charge in [0.15, 0.2) is 5.78 Å². The molecule has 3 amide bonds. The molecule has 148 valence electrons. The van der Waals surface area contributed by atoms with Gasteiger partial charge in [0.1, 0.15) is 0 Å². The Labute approximate surface area is 161 Å². The molecule has 0 bridgehead atoms. The van der Waals surface area contributed by atoms with E-state index >= 15 is 0 Å². The lowest BCUT2D eigenvalue weighted by Crippen LogP contribution is -2.41. The fourth-order valence-corrected chi connectivity index (χ4v) is 3.44. The van der Waals surface area contributed by atoms with Crippen LogP contribution in [-0.4, -0.2) is 49.3 Å². The first kappa shape index (κ1) is 21.1. The summed E-state index contributed by atoms with van der Waals surface area (Å²) in [6, 6.07) is 7.55. The van der Waals surface area contributed by atoms with Crippen molar-refractivity contribution in [3.05, 3.63) is 35.4 Å². The Balaban J connectivity index is 1.77. The van der Waals surface area contributed by atoms with Crippen LogP contribution in [0.5, 0.6) is 0 Å². The van der Waals surface area contributed by atoms with Crippen molar-refractivity contribution >= 4 is 17.7 Å². The molecule has 0 saturated carbocycles. The standard InChI is InChI=1S/C21H31N3O3/c1-15(2)14-16-4-6-17(7-5-16)20(26)18-8-11-24(12-9-18)13-10-19(25)23-21(27)22-3/h4-7,15,18H,8-14H2,1-3H3,(H2,22,23,25,27). The van der Waals surface area contributed by atoms with Crippen molar-refractivity contribution in [1.29, 1.82) is 0 Å². The SMILES string of the molecule is CNC(=O)NC(=O)CCN1CCC(C(=O)c2ccc(CC(C)C)cc2)CC1. The molecule has 1 aliphatic heterocycles. The summed E-state index contributed by atoms with van der Waals surface area (Å²) >= 11 is 0. The Bertz CT molecular complexity index is 647. The molecule has 0 radical (unpaired) electrons. The monoisotopic (exact) mass is 373 g/mol. The minimum atomic E-state index is -0.483. The van der Waals surface area contributed by atoms with Crippen LogP contribution in [0.4, 0.5) is 4.79 Å². The summed E-state index contributed by atoms with van der Waals surface area (Å²) in [5.74, 6) is 0.600. The van der Waals surface area contributed by atoms with Crippen LogP contribution in [0.25, 0.3) is 0 Å². The van der Waals surface area contributed by atoms with Gasteiger partial charge in [-0.2, -0.15) is 0 Å². The lowest BCUT2D eigenvalue weighted by atomic mass is 9.88. The second-order valence-corrected chi connectivity index (χ2v) is 7.65. The summed E-state index contributed by atoms with van der Waals surface area (Å²) in [6.45, 7) is 6.59. The number of piperidine rings is 1. The Hall–Kier alpha value is -2.21. The van der Waals surface area contributed by atoms with Gasteiger partial charge < -0.3 is 10.2 Å². The second-order valence-electron chi connectivity index (χ2n) is 7.65. The summed E-state index contributed by atoms with van der Waals surface area (Å²) in [6.07, 6.45) is 2.93. The van der Waals surface area contributed by atoms with E-state index in [0.29, 0.717) is 12.5 Å². The molecule has 2 N–H and O–H groups in total. The molecule has 1 aromatic carbocycles. The van der Waals surface area contributed by atoms with Gasteiger partial charge in [-0.3, -0.25) is 14.9 Å². The van der Waals surface area contributed by atoms with Gasteiger partial charge in [-0.25, -0.2) is 4.79 Å². The maximum Gasteiger partial charge on any atom is 0.321 e. The maximum atomic E-state index is 12.7. The average molecular weight is 373 g/mol. The number of nitrogens with zero attached hydrogens (tertiary/aromatic N) is 1. The van der Waals surface area contributed by atoms with Gasteiger partial charge in [0.2, 0.25) is 5.91 Å². The summed E-state index contributed by atoms with van der Waals surface area (Å²) < 4.78 is 0. The minimum Gasteiger partial charge on any atom is -0.341 e. The van der Waals surface area contributed by atoms with Crippen molar-refractivity contribution < 1.29 is 14.4 Å². The van der Waals surface area contributed by atoms with Crippen molar-refractivity contribution in [3.63, 3.8) is 0 Å². The van der Waals surface area contributed by atoms with Crippen LogP contribution in [0.3, 0.4) is 0 Å². The number of carbonyl (C=O) groups is 3. The van der Waals surface area contributed by atoms with Crippen molar-refractivity contribution in [2.24, 2.45) is 11.8 Å². The van der Waals surface area contributed by atoms with Crippen molar-refractivity contribution in [2.75, 3.05) is 26.7 Å². The number of nitrogens with one attached hydrogen (secondary N) is 2. The lowest BCUT2D eigenvalue weighted by Gasteiger charge is -2.31. The second kappa shape index (κ2) is 10.2. The molecule has 1 aliphatic rings. The van der Waals surface area contributed by atoms with E-state index in [-0.39, 0.29) is 24.0 Å². The zero-order valence-electron chi connectivity index (χ0n) is 16.6. The number of urea groups is 1. The zero-order chi connectivity index (χ0) is 19.8. The molecule has 1 fully saturated rings. The number of hydrogen-bond acceptors (Lipinski definition) is 4. The van der Waals surface area contributed by atoms with Crippen LogP contribution >= 0.6 is 0 Å². The van der Waals surface area contributed by atoms with Gasteiger partial charge in [-0.15, -0.1) is 0 Å². The molecule has 6 heteroatoms. The van der Waals surface area contributed by atoms with E-state index in [1.807, 2.05) is 12.1 Å². The summed E-state index contributed by atoms with van der Waals surface area (Å²) in [5.41, 5.74) is 2.07. The topological polar surface area (TPSA) is 78.5 Å². The first-order chi connectivity index (χ1) is 12.9. The highest BCUT2D eigenvalue weighted by Gasteiger charge is 2.26. The van der Waals surface area contributed by atoms with Crippen LogP contribution in [0, 0.1) is 11.8 Å². The van der Waals surface area contributed by atoms with Gasteiger partial charge in [0, 0.05) is 31.5 Å². The molecule has 0 aromatic heterocycles. The number of benzene rings is 1. The first-order valence-electron chi connectivity index (χ1n) is 9.76. The van der Waals surface area contributed by atoms with Crippen LogP contribution in [-0.2, 0) is 11.2 Å². The van der Waals surface area contributed by atoms with Gasteiger partial charge >= 0.3 is 6.03 Å². The van der Waals surface area contributed by atoms with Crippen molar-refractivity contribution in [1.82, 2.24) is 15.5 Å². The molecule has 0 spiro atoms. The number of amides is 3. The largest absolute Gasteiger partial charge is 0.341 e. The molecular formula is C21H31N3O3. The average Bonchev–Trinajstić information content (AvgIpc) is 2.66. The number of imide groups is 1. The third-order valence-corrected chi connectivity index (χ3v) is 4.98. The fourth-order valence-electron chi connectivity index (χ4n) is 3.44. The number of Topliss-reactive ketones (excluding diaryl/α,β-unsaturated/α-hetero) is 1. The van der Waals surface area contributed by atoms with Crippen LogP contribution in [0.1, 0.15) is 49.0 Å². The molecule has 0 unspecified atom stereocenters. The Morgan fingerprint density at radius 1 is 1.11 bits per heavy atom. The molecule has 1 heterocycles. The quantitative estimate of drug-likeness (QED) is 0.720. The number of hydrogen-bond donors (Lipinski definition) is 2. The lowest BCUT2D eigenvalue weighted by molar-refractivity contribution is -0.120. The smallest absolute Gasteiger partial charge is 0.321 e. The van der Waals surface area contributed by atoms with E-state index < -0.39 is 6.03 Å². The summed E-state index contributed by atoms with van der Waals surface area (Å²) in [5, 5.41) is 4.62. The van der Waals surface area contributed by atoms with Gasteiger partial charge in [-0.05, 0) is 43.8 Å². The molecule has 27 heavy (non-hydrogen) atoms. The third-order valence-electron chi connectivity index (χ3n) is 4.98. The molecule has 2 rings (SSSR count). The highest BCUT2D eigenvalue weighted by atomic mass is 16.2. The van der Waals surface area contributed by atoms with E-state index in [1.165, 1.54) is 12.6 Å². The highest BCUT2D eigenvalue weighted by molar-refractivity contribution is 5.98. The van der Waals surface area contributed by atoms with Crippen LogP contribution in [0.15, 0.2) is 24.3 Å². The molecule has 1 aromatic rings. The Kier molecular flexibility index (Phi) is 7.98. The summed E-state index contributed by atoms with van der Waals surface area (Å²) in [7, 11) is 1.47. The van der Waals surface area contributed by atoms with Crippen LogP contribution < -0.4 is 10.6 Å². The molecule has 0 atom stereocenters. The number of likely N-dealkylation sites (tertiary alicyclic amines) is 1. The summed E-state index contributed by atoms with van der Waals surface area (Å²) in [4.78, 5) is 37.7.